The Balaban J connectivity index is 1.59. The lowest BCUT2D eigenvalue weighted by Crippen LogP contribution is -2.23. The third kappa shape index (κ3) is 4.68. The number of hydrogen-bond donors (Lipinski definition) is 1. The van der Waals surface area contributed by atoms with Gasteiger partial charge in [0.25, 0.3) is 0 Å². The average Bonchev–Trinajstić information content (AvgIpc) is 3.24. The van der Waals surface area contributed by atoms with Gasteiger partial charge in [-0.05, 0) is 48.4 Å². The van der Waals surface area contributed by atoms with Crippen molar-refractivity contribution in [3.05, 3.63) is 29.0 Å². The fraction of sp³-hybridized carbons (Fsp3) is 0.467. The molecular weight excluding hydrogens is 369 g/mol. The van der Waals surface area contributed by atoms with Gasteiger partial charge in [-0.25, -0.2) is 9.07 Å². The van der Waals surface area contributed by atoms with Crippen molar-refractivity contribution in [3.63, 3.8) is 0 Å². The molecule has 2 aromatic rings. The molecule has 3 rings (SSSR count). The number of ether oxygens (including phenoxy) is 1. The SMILES string of the molecule is C[C@H](Sc1nnnn1C[C@H]1CCCO1)C(=O)Nc1ccc(F)c(Cl)c1. The summed E-state index contributed by atoms with van der Waals surface area (Å²) in [7, 11) is 0. The zero-order valence-corrected chi connectivity index (χ0v) is 15.1. The van der Waals surface area contributed by atoms with Crippen molar-refractivity contribution in [2.75, 3.05) is 11.9 Å². The highest BCUT2D eigenvalue weighted by molar-refractivity contribution is 8.00. The van der Waals surface area contributed by atoms with Crippen LogP contribution in [0, 0.1) is 5.82 Å². The molecule has 25 heavy (non-hydrogen) atoms. The van der Waals surface area contributed by atoms with E-state index in [1.165, 1.54) is 30.0 Å². The predicted molar refractivity (Wildman–Crippen MR) is 92.1 cm³/mol. The molecule has 0 saturated carbocycles. The van der Waals surface area contributed by atoms with Crippen LogP contribution in [0.1, 0.15) is 19.8 Å². The van der Waals surface area contributed by atoms with Gasteiger partial charge in [-0.2, -0.15) is 0 Å². The van der Waals surface area contributed by atoms with Crippen LogP contribution in [0.2, 0.25) is 5.02 Å². The number of hydrogen-bond acceptors (Lipinski definition) is 6. The second-order valence-electron chi connectivity index (χ2n) is 5.66. The monoisotopic (exact) mass is 385 g/mol. The summed E-state index contributed by atoms with van der Waals surface area (Å²) in [6.07, 6.45) is 2.12. The third-order valence-electron chi connectivity index (χ3n) is 3.74. The first-order chi connectivity index (χ1) is 12.0. The number of nitrogens with zero attached hydrogens (tertiary/aromatic N) is 4. The molecule has 1 aromatic carbocycles. The number of halogens is 2. The van der Waals surface area contributed by atoms with Crippen molar-refractivity contribution in [2.24, 2.45) is 0 Å². The zero-order valence-electron chi connectivity index (χ0n) is 13.5. The van der Waals surface area contributed by atoms with Crippen molar-refractivity contribution in [1.29, 1.82) is 0 Å². The highest BCUT2D eigenvalue weighted by atomic mass is 35.5. The van der Waals surface area contributed by atoms with Gasteiger partial charge in [-0.15, -0.1) is 5.10 Å². The fourth-order valence-corrected chi connectivity index (χ4v) is 3.39. The number of carbonyl (C=O) groups is 1. The molecule has 1 aliphatic heterocycles. The Morgan fingerprint density at radius 3 is 3.16 bits per heavy atom. The Kier molecular flexibility index (Phi) is 5.87. The number of rotatable bonds is 6. The highest BCUT2D eigenvalue weighted by Crippen LogP contribution is 2.24. The molecule has 1 N–H and O–H groups in total. The van der Waals surface area contributed by atoms with Crippen molar-refractivity contribution in [1.82, 2.24) is 20.2 Å². The molecular formula is C15H17ClFN5O2S. The Bertz CT molecular complexity index is 753. The molecule has 10 heteroatoms. The third-order valence-corrected chi connectivity index (χ3v) is 5.10. The van der Waals surface area contributed by atoms with Crippen molar-refractivity contribution < 1.29 is 13.9 Å². The minimum absolute atomic E-state index is 0.0430. The maximum atomic E-state index is 13.2. The van der Waals surface area contributed by atoms with Crippen LogP contribution in [-0.2, 0) is 16.1 Å². The standard InChI is InChI=1S/C15H17ClFN5O2S/c1-9(14(23)18-10-4-5-13(17)12(16)7-10)25-15-19-20-21-22(15)8-11-3-2-6-24-11/h4-5,7,9,11H,2-3,6,8H2,1H3,(H,18,23)/t9-,11+/m0/s1. The first kappa shape index (κ1) is 18.1. The van der Waals surface area contributed by atoms with E-state index in [1.807, 2.05) is 0 Å². The zero-order chi connectivity index (χ0) is 17.8. The van der Waals surface area contributed by atoms with Gasteiger partial charge in [-0.3, -0.25) is 4.79 Å². The lowest BCUT2D eigenvalue weighted by molar-refractivity contribution is -0.115. The van der Waals surface area contributed by atoms with E-state index in [-0.39, 0.29) is 17.0 Å². The van der Waals surface area contributed by atoms with Gasteiger partial charge in [0.15, 0.2) is 0 Å². The normalized spacial score (nSPS) is 18.3. The van der Waals surface area contributed by atoms with E-state index in [9.17, 15) is 9.18 Å². The van der Waals surface area contributed by atoms with E-state index in [2.05, 4.69) is 20.8 Å². The number of amides is 1. The molecule has 7 nitrogen and oxygen atoms in total. The van der Waals surface area contributed by atoms with E-state index in [0.717, 1.165) is 19.4 Å². The molecule has 1 saturated heterocycles. The van der Waals surface area contributed by atoms with Gasteiger partial charge >= 0.3 is 0 Å². The minimum Gasteiger partial charge on any atom is -0.376 e. The van der Waals surface area contributed by atoms with E-state index in [4.69, 9.17) is 16.3 Å². The summed E-state index contributed by atoms with van der Waals surface area (Å²) in [6.45, 7) is 3.07. The first-order valence-electron chi connectivity index (χ1n) is 7.83. The Hall–Kier alpha value is -1.71. The summed E-state index contributed by atoms with van der Waals surface area (Å²) < 4.78 is 20.4. The molecule has 0 unspecified atom stereocenters. The predicted octanol–water partition coefficient (Wildman–Crippen LogP) is 2.76. The maximum Gasteiger partial charge on any atom is 0.237 e. The van der Waals surface area contributed by atoms with Crippen LogP contribution in [0.15, 0.2) is 23.4 Å². The summed E-state index contributed by atoms with van der Waals surface area (Å²) in [5.41, 5.74) is 0.433. The molecule has 1 fully saturated rings. The van der Waals surface area contributed by atoms with Gasteiger partial charge in [-0.1, -0.05) is 23.4 Å². The minimum atomic E-state index is -0.532. The highest BCUT2D eigenvalue weighted by Gasteiger charge is 2.22. The summed E-state index contributed by atoms with van der Waals surface area (Å²) in [6, 6.07) is 4.03. The van der Waals surface area contributed by atoms with Crippen LogP contribution < -0.4 is 5.32 Å². The number of thioether (sulfide) groups is 1. The molecule has 2 heterocycles. The molecule has 0 aliphatic carbocycles. The van der Waals surface area contributed by atoms with Gasteiger partial charge < -0.3 is 10.1 Å². The van der Waals surface area contributed by atoms with Gasteiger partial charge in [0.2, 0.25) is 11.1 Å². The van der Waals surface area contributed by atoms with Crippen molar-refractivity contribution >= 4 is 35.0 Å². The van der Waals surface area contributed by atoms with Gasteiger partial charge in [0, 0.05) is 12.3 Å². The van der Waals surface area contributed by atoms with Crippen LogP contribution >= 0.6 is 23.4 Å². The number of tetrazole rings is 1. The number of nitrogens with one attached hydrogen (secondary N) is 1. The van der Waals surface area contributed by atoms with E-state index < -0.39 is 11.1 Å². The fourth-order valence-electron chi connectivity index (χ4n) is 2.41. The van der Waals surface area contributed by atoms with Crippen LogP contribution in [0.3, 0.4) is 0 Å². The summed E-state index contributed by atoms with van der Waals surface area (Å²) >= 11 is 6.97. The average molecular weight is 386 g/mol. The first-order valence-corrected chi connectivity index (χ1v) is 9.09. The summed E-state index contributed by atoms with van der Waals surface area (Å²) in [4.78, 5) is 12.3. The molecule has 2 atom stereocenters. The second kappa shape index (κ2) is 8.11. The molecule has 134 valence electrons. The van der Waals surface area contributed by atoms with E-state index in [0.29, 0.717) is 17.4 Å². The largest absolute Gasteiger partial charge is 0.376 e. The van der Waals surface area contributed by atoms with Crippen molar-refractivity contribution in [2.45, 2.75) is 42.8 Å². The molecule has 1 aliphatic rings. The van der Waals surface area contributed by atoms with Crippen LogP contribution in [0.25, 0.3) is 0 Å². The molecule has 1 aromatic heterocycles. The Morgan fingerprint density at radius 2 is 2.44 bits per heavy atom. The topological polar surface area (TPSA) is 81.9 Å². The van der Waals surface area contributed by atoms with Gasteiger partial charge in [0.1, 0.15) is 5.82 Å². The second-order valence-corrected chi connectivity index (χ2v) is 7.37. The van der Waals surface area contributed by atoms with Crippen LogP contribution in [0.4, 0.5) is 10.1 Å². The maximum absolute atomic E-state index is 13.2. The number of carbonyl (C=O) groups excluding carboxylic acids is 1. The quantitative estimate of drug-likeness (QED) is 0.770. The van der Waals surface area contributed by atoms with Crippen LogP contribution in [0.5, 0.6) is 0 Å². The van der Waals surface area contributed by atoms with Gasteiger partial charge in [0.05, 0.1) is 22.9 Å². The lowest BCUT2D eigenvalue weighted by atomic mass is 10.2. The number of aromatic nitrogens is 4. The summed E-state index contributed by atoms with van der Waals surface area (Å²) in [5.74, 6) is -0.783. The number of anilines is 1. The molecule has 0 radical (unpaired) electrons. The summed E-state index contributed by atoms with van der Waals surface area (Å²) in [5, 5.41) is 14.4. The van der Waals surface area contributed by atoms with E-state index in [1.54, 1.807) is 11.6 Å². The van der Waals surface area contributed by atoms with E-state index >= 15 is 0 Å². The Morgan fingerprint density at radius 1 is 1.60 bits per heavy atom. The Labute approximate surface area is 153 Å². The smallest absolute Gasteiger partial charge is 0.237 e. The van der Waals surface area contributed by atoms with Crippen LogP contribution in [-0.4, -0.2) is 44.1 Å². The molecule has 0 bridgehead atoms. The molecule has 0 spiro atoms. The number of benzene rings is 1. The van der Waals surface area contributed by atoms with Crippen molar-refractivity contribution in [3.8, 4) is 0 Å². The lowest BCUT2D eigenvalue weighted by Gasteiger charge is -2.13. The molecule has 1 amide bonds.